The lowest BCUT2D eigenvalue weighted by Gasteiger charge is -2.31. The van der Waals surface area contributed by atoms with E-state index in [0.29, 0.717) is 0 Å². The van der Waals surface area contributed by atoms with E-state index >= 15 is 0 Å². The Bertz CT molecular complexity index is 618. The zero-order valence-corrected chi connectivity index (χ0v) is 12.6. The lowest BCUT2D eigenvalue weighted by atomic mass is 9.96. The van der Waals surface area contributed by atoms with Crippen LogP contribution in [-0.4, -0.2) is 38.7 Å². The number of carbonyl (C=O) groups excluding carboxylic acids is 1. The molecule has 3 heterocycles. The van der Waals surface area contributed by atoms with E-state index in [0.717, 1.165) is 44.1 Å². The quantitative estimate of drug-likeness (QED) is 0.927. The molecule has 3 rings (SSSR count). The van der Waals surface area contributed by atoms with Gasteiger partial charge in [0, 0.05) is 44.1 Å². The van der Waals surface area contributed by atoms with Gasteiger partial charge in [-0.1, -0.05) is 0 Å². The number of hydrogen-bond donors (Lipinski definition) is 1. The Hall–Kier alpha value is -2.44. The molecule has 0 spiro atoms. The van der Waals surface area contributed by atoms with Gasteiger partial charge in [0.2, 0.25) is 11.9 Å². The van der Waals surface area contributed by atoms with Crippen LogP contribution in [0.5, 0.6) is 0 Å². The molecule has 22 heavy (non-hydrogen) atoms. The van der Waals surface area contributed by atoms with Crippen LogP contribution in [0.1, 0.15) is 19.8 Å². The zero-order valence-electron chi connectivity index (χ0n) is 12.6. The van der Waals surface area contributed by atoms with Crippen molar-refractivity contribution in [3.8, 4) is 0 Å². The first-order valence-electron chi connectivity index (χ1n) is 7.61. The number of hydrogen-bond acceptors (Lipinski definition) is 5. The smallest absolute Gasteiger partial charge is 0.227 e. The second-order valence-electron chi connectivity index (χ2n) is 5.38. The highest BCUT2D eigenvalue weighted by atomic mass is 16.1. The van der Waals surface area contributed by atoms with E-state index in [1.165, 1.54) is 0 Å². The summed E-state index contributed by atoms with van der Waals surface area (Å²) in [4.78, 5) is 22.9. The summed E-state index contributed by atoms with van der Waals surface area (Å²) in [7, 11) is 0. The first-order chi connectivity index (χ1) is 10.8. The Morgan fingerprint density at radius 3 is 2.68 bits per heavy atom. The molecule has 7 nitrogen and oxygen atoms in total. The van der Waals surface area contributed by atoms with E-state index in [1.807, 2.05) is 13.1 Å². The standard InChI is InChI=1S/C15H20N6O/c1-2-21-11-13(10-18-21)19-14(22)12-4-8-20(9-5-12)15-16-6-3-7-17-15/h3,6-7,10-12H,2,4-5,8-9H2,1H3,(H,19,22). The molecule has 1 N–H and O–H groups in total. The summed E-state index contributed by atoms with van der Waals surface area (Å²) < 4.78 is 1.80. The molecule has 2 aromatic rings. The fraction of sp³-hybridized carbons (Fsp3) is 0.467. The predicted molar refractivity (Wildman–Crippen MR) is 83.5 cm³/mol. The summed E-state index contributed by atoms with van der Waals surface area (Å²) >= 11 is 0. The molecule has 0 aromatic carbocycles. The van der Waals surface area contributed by atoms with Crippen LogP contribution in [0.15, 0.2) is 30.9 Å². The number of nitrogens with zero attached hydrogens (tertiary/aromatic N) is 5. The molecule has 1 fully saturated rings. The predicted octanol–water partition coefficient (Wildman–Crippen LogP) is 1.55. The maximum absolute atomic E-state index is 12.3. The van der Waals surface area contributed by atoms with Gasteiger partial charge in [-0.3, -0.25) is 9.48 Å². The number of piperidine rings is 1. The van der Waals surface area contributed by atoms with Gasteiger partial charge in [-0.25, -0.2) is 9.97 Å². The van der Waals surface area contributed by atoms with Gasteiger partial charge < -0.3 is 10.2 Å². The largest absolute Gasteiger partial charge is 0.341 e. The summed E-state index contributed by atoms with van der Waals surface area (Å²) in [5.41, 5.74) is 0.765. The average Bonchev–Trinajstić information content (AvgIpc) is 3.03. The Kier molecular flexibility index (Phi) is 4.32. The Labute approximate surface area is 129 Å². The molecular formula is C15H20N6O. The number of nitrogens with one attached hydrogen (secondary N) is 1. The third kappa shape index (κ3) is 3.24. The maximum Gasteiger partial charge on any atom is 0.227 e. The van der Waals surface area contributed by atoms with Crippen molar-refractivity contribution in [2.75, 3.05) is 23.3 Å². The summed E-state index contributed by atoms with van der Waals surface area (Å²) in [5.74, 6) is 0.847. The van der Waals surface area contributed by atoms with Gasteiger partial charge in [-0.15, -0.1) is 0 Å². The van der Waals surface area contributed by atoms with Gasteiger partial charge in [0.1, 0.15) is 0 Å². The summed E-state index contributed by atoms with van der Waals surface area (Å²) in [5, 5.41) is 7.11. The van der Waals surface area contributed by atoms with Crippen molar-refractivity contribution in [2.24, 2.45) is 5.92 Å². The maximum atomic E-state index is 12.3. The Morgan fingerprint density at radius 2 is 2.05 bits per heavy atom. The van der Waals surface area contributed by atoms with Crippen LogP contribution in [0.3, 0.4) is 0 Å². The SMILES string of the molecule is CCn1cc(NC(=O)C2CCN(c3ncccn3)CC2)cn1. The molecule has 0 saturated carbocycles. The van der Waals surface area contributed by atoms with Crippen LogP contribution in [0.25, 0.3) is 0 Å². The van der Waals surface area contributed by atoms with Crippen molar-refractivity contribution in [3.05, 3.63) is 30.9 Å². The van der Waals surface area contributed by atoms with E-state index in [4.69, 9.17) is 0 Å². The van der Waals surface area contributed by atoms with Crippen LogP contribution in [0.2, 0.25) is 0 Å². The van der Waals surface area contributed by atoms with E-state index < -0.39 is 0 Å². The van der Waals surface area contributed by atoms with Gasteiger partial charge in [0.05, 0.1) is 11.9 Å². The number of anilines is 2. The highest BCUT2D eigenvalue weighted by Crippen LogP contribution is 2.21. The fourth-order valence-corrected chi connectivity index (χ4v) is 2.64. The molecule has 0 bridgehead atoms. The number of aromatic nitrogens is 4. The van der Waals surface area contributed by atoms with Crippen molar-refractivity contribution in [3.63, 3.8) is 0 Å². The van der Waals surface area contributed by atoms with E-state index in [1.54, 1.807) is 29.3 Å². The van der Waals surface area contributed by atoms with Crippen molar-refractivity contribution >= 4 is 17.5 Å². The van der Waals surface area contributed by atoms with Crippen molar-refractivity contribution in [1.82, 2.24) is 19.7 Å². The molecule has 2 aromatic heterocycles. The number of aryl methyl sites for hydroxylation is 1. The highest BCUT2D eigenvalue weighted by Gasteiger charge is 2.26. The van der Waals surface area contributed by atoms with Gasteiger partial charge in [-0.05, 0) is 25.8 Å². The monoisotopic (exact) mass is 300 g/mol. The summed E-state index contributed by atoms with van der Waals surface area (Å²) in [6.07, 6.45) is 8.65. The first kappa shape index (κ1) is 14.5. The zero-order chi connectivity index (χ0) is 15.4. The van der Waals surface area contributed by atoms with Crippen LogP contribution in [0.4, 0.5) is 11.6 Å². The topological polar surface area (TPSA) is 75.9 Å². The molecule has 0 aliphatic carbocycles. The molecule has 0 unspecified atom stereocenters. The minimum Gasteiger partial charge on any atom is -0.341 e. The number of carbonyl (C=O) groups is 1. The van der Waals surface area contributed by atoms with Crippen LogP contribution >= 0.6 is 0 Å². The molecular weight excluding hydrogens is 280 g/mol. The van der Waals surface area contributed by atoms with Crippen LogP contribution in [-0.2, 0) is 11.3 Å². The lowest BCUT2D eigenvalue weighted by Crippen LogP contribution is -2.38. The second-order valence-corrected chi connectivity index (χ2v) is 5.38. The average molecular weight is 300 g/mol. The molecule has 1 amide bonds. The molecule has 1 aliphatic rings. The van der Waals surface area contributed by atoms with Gasteiger partial charge in [-0.2, -0.15) is 5.10 Å². The van der Waals surface area contributed by atoms with Gasteiger partial charge >= 0.3 is 0 Å². The summed E-state index contributed by atoms with van der Waals surface area (Å²) in [6.45, 7) is 4.41. The number of rotatable bonds is 4. The Morgan fingerprint density at radius 1 is 1.32 bits per heavy atom. The lowest BCUT2D eigenvalue weighted by molar-refractivity contribution is -0.120. The third-order valence-corrected chi connectivity index (χ3v) is 3.93. The molecule has 0 atom stereocenters. The second kappa shape index (κ2) is 6.55. The molecule has 116 valence electrons. The van der Waals surface area contributed by atoms with Crippen molar-refractivity contribution < 1.29 is 4.79 Å². The fourth-order valence-electron chi connectivity index (χ4n) is 2.64. The van der Waals surface area contributed by atoms with Crippen molar-refractivity contribution in [2.45, 2.75) is 26.3 Å². The van der Waals surface area contributed by atoms with E-state index in [-0.39, 0.29) is 11.8 Å². The van der Waals surface area contributed by atoms with Crippen LogP contribution < -0.4 is 10.2 Å². The first-order valence-corrected chi connectivity index (χ1v) is 7.61. The molecule has 1 aliphatic heterocycles. The van der Waals surface area contributed by atoms with E-state index in [2.05, 4.69) is 25.3 Å². The Balaban J connectivity index is 1.53. The third-order valence-electron chi connectivity index (χ3n) is 3.93. The van der Waals surface area contributed by atoms with Gasteiger partial charge in [0.25, 0.3) is 0 Å². The van der Waals surface area contributed by atoms with Crippen LogP contribution in [0, 0.1) is 5.92 Å². The van der Waals surface area contributed by atoms with Gasteiger partial charge in [0.15, 0.2) is 0 Å². The van der Waals surface area contributed by atoms with E-state index in [9.17, 15) is 4.79 Å². The molecule has 0 radical (unpaired) electrons. The highest BCUT2D eigenvalue weighted by molar-refractivity contribution is 5.92. The molecule has 7 heteroatoms. The normalized spacial score (nSPS) is 15.8. The number of amides is 1. The molecule has 1 saturated heterocycles. The van der Waals surface area contributed by atoms with Crippen molar-refractivity contribution in [1.29, 1.82) is 0 Å². The minimum absolute atomic E-state index is 0.0324. The minimum atomic E-state index is 0.0324. The summed E-state index contributed by atoms with van der Waals surface area (Å²) in [6, 6.07) is 1.81.